The lowest BCUT2D eigenvalue weighted by molar-refractivity contribution is 0.130. The van der Waals surface area contributed by atoms with Gasteiger partial charge in [-0.15, -0.1) is 0 Å². The van der Waals surface area contributed by atoms with E-state index in [-0.39, 0.29) is 18.0 Å². The van der Waals surface area contributed by atoms with E-state index in [1.54, 1.807) is 43.3 Å². The van der Waals surface area contributed by atoms with Gasteiger partial charge in [0, 0.05) is 0 Å². The highest BCUT2D eigenvalue weighted by atomic mass is 19.1. The van der Waals surface area contributed by atoms with Crippen LogP contribution in [0.5, 0.6) is 17.2 Å². The average Bonchev–Trinajstić information content (AvgIpc) is 2.58. The molecular weight excluding hydrogens is 325 g/mol. The monoisotopic (exact) mass is 347 g/mol. The van der Waals surface area contributed by atoms with E-state index in [9.17, 15) is 9.18 Å². The van der Waals surface area contributed by atoms with E-state index in [0.717, 1.165) is 0 Å². The lowest BCUT2D eigenvalue weighted by Crippen LogP contribution is -2.42. The molecule has 25 heavy (non-hydrogen) atoms. The standard InChI is InChI=1S/C19H22FNO4/c1-4-23-19(22)21-13(2)14(3)24-16-9-11-18(12-10-16)25-17-7-5-15(20)6-8-17/h5-14H,4H2,1-3H3,(H,21,22). The van der Waals surface area contributed by atoms with Crippen LogP contribution in [0.15, 0.2) is 48.5 Å². The minimum atomic E-state index is -0.464. The van der Waals surface area contributed by atoms with Crippen molar-refractivity contribution in [2.75, 3.05) is 6.61 Å². The summed E-state index contributed by atoms with van der Waals surface area (Å²) >= 11 is 0. The van der Waals surface area contributed by atoms with Crippen molar-refractivity contribution in [3.8, 4) is 17.2 Å². The average molecular weight is 347 g/mol. The highest BCUT2D eigenvalue weighted by molar-refractivity contribution is 5.67. The molecule has 2 atom stereocenters. The van der Waals surface area contributed by atoms with Gasteiger partial charge in [0.15, 0.2) is 0 Å². The Kier molecular flexibility index (Phi) is 6.62. The van der Waals surface area contributed by atoms with E-state index >= 15 is 0 Å². The van der Waals surface area contributed by atoms with Crippen molar-refractivity contribution in [2.24, 2.45) is 0 Å². The Morgan fingerprint density at radius 3 is 2.08 bits per heavy atom. The molecule has 0 aromatic heterocycles. The van der Waals surface area contributed by atoms with E-state index in [1.165, 1.54) is 12.1 Å². The molecule has 0 heterocycles. The van der Waals surface area contributed by atoms with Crippen LogP contribution in [0.25, 0.3) is 0 Å². The Hall–Kier alpha value is -2.76. The fraction of sp³-hybridized carbons (Fsp3) is 0.316. The van der Waals surface area contributed by atoms with Crippen LogP contribution in [0.2, 0.25) is 0 Å². The summed E-state index contributed by atoms with van der Waals surface area (Å²) in [6, 6.07) is 12.6. The lowest BCUT2D eigenvalue weighted by atomic mass is 10.2. The van der Waals surface area contributed by atoms with Crippen LogP contribution in [0, 0.1) is 5.82 Å². The second kappa shape index (κ2) is 8.92. The fourth-order valence-electron chi connectivity index (χ4n) is 2.02. The molecule has 2 aromatic rings. The maximum Gasteiger partial charge on any atom is 0.407 e. The van der Waals surface area contributed by atoms with E-state index in [1.807, 2.05) is 13.8 Å². The molecule has 0 aliphatic heterocycles. The predicted molar refractivity (Wildman–Crippen MR) is 92.6 cm³/mol. The molecule has 0 saturated heterocycles. The normalized spacial score (nSPS) is 12.8. The Balaban J connectivity index is 1.88. The number of carbonyl (C=O) groups excluding carboxylic acids is 1. The first-order valence-electron chi connectivity index (χ1n) is 8.11. The van der Waals surface area contributed by atoms with Crippen molar-refractivity contribution in [3.05, 3.63) is 54.3 Å². The summed E-state index contributed by atoms with van der Waals surface area (Å²) in [5.41, 5.74) is 0. The SMILES string of the molecule is CCOC(=O)NC(C)C(C)Oc1ccc(Oc2ccc(F)cc2)cc1. The van der Waals surface area contributed by atoms with Crippen molar-refractivity contribution >= 4 is 6.09 Å². The zero-order chi connectivity index (χ0) is 18.2. The summed E-state index contributed by atoms with van der Waals surface area (Å²) in [6.45, 7) is 5.77. The van der Waals surface area contributed by atoms with Gasteiger partial charge in [0.1, 0.15) is 29.2 Å². The van der Waals surface area contributed by atoms with E-state index in [4.69, 9.17) is 14.2 Å². The molecule has 6 heteroatoms. The Labute approximate surface area is 146 Å². The maximum absolute atomic E-state index is 12.9. The predicted octanol–water partition coefficient (Wildman–Crippen LogP) is 4.52. The van der Waals surface area contributed by atoms with Crippen LogP contribution in [0.1, 0.15) is 20.8 Å². The molecule has 2 aromatic carbocycles. The number of ether oxygens (including phenoxy) is 3. The van der Waals surface area contributed by atoms with Crippen molar-refractivity contribution in [3.63, 3.8) is 0 Å². The number of hydrogen-bond acceptors (Lipinski definition) is 4. The van der Waals surface area contributed by atoms with Crippen molar-refractivity contribution in [2.45, 2.75) is 32.9 Å². The van der Waals surface area contributed by atoms with Crippen LogP contribution in [-0.4, -0.2) is 24.8 Å². The molecule has 0 bridgehead atoms. The number of hydrogen-bond donors (Lipinski definition) is 1. The highest BCUT2D eigenvalue weighted by Gasteiger charge is 2.16. The van der Waals surface area contributed by atoms with Crippen LogP contribution < -0.4 is 14.8 Å². The number of halogens is 1. The summed E-state index contributed by atoms with van der Waals surface area (Å²) in [6.07, 6.45) is -0.707. The minimum Gasteiger partial charge on any atom is -0.489 e. The molecule has 0 radical (unpaired) electrons. The minimum absolute atomic E-state index is 0.214. The van der Waals surface area contributed by atoms with Gasteiger partial charge in [0.05, 0.1) is 12.6 Å². The molecule has 0 saturated carbocycles. The molecule has 2 unspecified atom stereocenters. The van der Waals surface area contributed by atoms with Crippen LogP contribution in [-0.2, 0) is 4.74 Å². The third-order valence-electron chi connectivity index (χ3n) is 3.52. The fourth-order valence-corrected chi connectivity index (χ4v) is 2.02. The topological polar surface area (TPSA) is 56.8 Å². The van der Waals surface area contributed by atoms with Crippen molar-refractivity contribution in [1.82, 2.24) is 5.32 Å². The zero-order valence-electron chi connectivity index (χ0n) is 14.5. The van der Waals surface area contributed by atoms with Gasteiger partial charge in [0.25, 0.3) is 0 Å². The highest BCUT2D eigenvalue weighted by Crippen LogP contribution is 2.24. The van der Waals surface area contributed by atoms with Gasteiger partial charge in [-0.05, 0) is 69.3 Å². The number of nitrogens with one attached hydrogen (secondary N) is 1. The summed E-state index contributed by atoms with van der Waals surface area (Å²) in [4.78, 5) is 11.4. The van der Waals surface area contributed by atoms with Gasteiger partial charge < -0.3 is 19.5 Å². The Morgan fingerprint density at radius 1 is 1.00 bits per heavy atom. The van der Waals surface area contributed by atoms with Gasteiger partial charge in [-0.1, -0.05) is 0 Å². The van der Waals surface area contributed by atoms with E-state index < -0.39 is 6.09 Å². The second-order valence-electron chi connectivity index (χ2n) is 5.50. The third kappa shape index (κ3) is 5.99. The van der Waals surface area contributed by atoms with Crippen LogP contribution >= 0.6 is 0 Å². The Bertz CT molecular complexity index is 673. The molecule has 1 amide bonds. The largest absolute Gasteiger partial charge is 0.489 e. The molecule has 0 fully saturated rings. The smallest absolute Gasteiger partial charge is 0.407 e. The molecular formula is C19H22FNO4. The molecule has 0 spiro atoms. The summed E-state index contributed by atoms with van der Waals surface area (Å²) in [5.74, 6) is 1.51. The summed E-state index contributed by atoms with van der Waals surface area (Å²) in [7, 11) is 0. The van der Waals surface area contributed by atoms with Gasteiger partial charge in [-0.25, -0.2) is 9.18 Å². The zero-order valence-corrected chi connectivity index (χ0v) is 14.5. The number of benzene rings is 2. The molecule has 0 aliphatic carbocycles. The van der Waals surface area contributed by atoms with Crippen molar-refractivity contribution in [1.29, 1.82) is 0 Å². The third-order valence-corrected chi connectivity index (χ3v) is 3.52. The number of alkyl carbamates (subject to hydrolysis) is 1. The van der Waals surface area contributed by atoms with Gasteiger partial charge in [-0.3, -0.25) is 0 Å². The molecule has 0 aliphatic rings. The molecule has 5 nitrogen and oxygen atoms in total. The number of rotatable bonds is 7. The quantitative estimate of drug-likeness (QED) is 0.800. The second-order valence-corrected chi connectivity index (χ2v) is 5.50. The summed E-state index contributed by atoms with van der Waals surface area (Å²) in [5, 5.41) is 2.71. The molecule has 134 valence electrons. The van der Waals surface area contributed by atoms with Gasteiger partial charge >= 0.3 is 6.09 Å². The molecule has 1 N–H and O–H groups in total. The Morgan fingerprint density at radius 2 is 1.52 bits per heavy atom. The number of amides is 1. The first-order chi connectivity index (χ1) is 12.0. The first-order valence-corrected chi connectivity index (χ1v) is 8.11. The number of carbonyl (C=O) groups is 1. The van der Waals surface area contributed by atoms with Gasteiger partial charge in [-0.2, -0.15) is 0 Å². The van der Waals surface area contributed by atoms with Crippen molar-refractivity contribution < 1.29 is 23.4 Å². The maximum atomic E-state index is 12.9. The van der Waals surface area contributed by atoms with Crippen LogP contribution in [0.3, 0.4) is 0 Å². The van der Waals surface area contributed by atoms with Gasteiger partial charge in [0.2, 0.25) is 0 Å². The lowest BCUT2D eigenvalue weighted by Gasteiger charge is -2.22. The first kappa shape index (κ1) is 18.6. The van der Waals surface area contributed by atoms with E-state index in [2.05, 4.69) is 5.32 Å². The van der Waals surface area contributed by atoms with Crippen LogP contribution in [0.4, 0.5) is 9.18 Å². The molecule has 2 rings (SSSR count). The van der Waals surface area contributed by atoms with E-state index in [0.29, 0.717) is 23.9 Å². The summed E-state index contributed by atoms with van der Waals surface area (Å²) < 4.78 is 29.2.